The molecular weight excluding hydrogens is 361 g/mol. The first-order chi connectivity index (χ1) is 12.1. The van der Waals surface area contributed by atoms with E-state index in [4.69, 9.17) is 21.7 Å². The lowest BCUT2D eigenvalue weighted by Crippen LogP contribution is -2.27. The van der Waals surface area contributed by atoms with Crippen LogP contribution >= 0.6 is 24.0 Å². The highest BCUT2D eigenvalue weighted by molar-refractivity contribution is 8.27. The maximum absolute atomic E-state index is 13.1. The average molecular weight is 373 g/mol. The number of ether oxygens (including phenoxy) is 2. The van der Waals surface area contributed by atoms with Crippen molar-refractivity contribution in [1.82, 2.24) is 0 Å². The van der Waals surface area contributed by atoms with Gasteiger partial charge in [-0.3, -0.25) is 9.69 Å². The number of nitrogens with zero attached hydrogens (tertiary/aromatic N) is 1. The van der Waals surface area contributed by atoms with Crippen molar-refractivity contribution in [2.45, 2.75) is 0 Å². The lowest BCUT2D eigenvalue weighted by Gasteiger charge is -2.18. The lowest BCUT2D eigenvalue weighted by atomic mass is 10.1. The predicted octanol–water partition coefficient (Wildman–Crippen LogP) is 4.00. The van der Waals surface area contributed by atoms with E-state index in [-0.39, 0.29) is 11.7 Å². The Morgan fingerprint density at radius 2 is 1.80 bits per heavy atom. The molecule has 2 aromatic carbocycles. The highest BCUT2D eigenvalue weighted by atomic mass is 32.2. The first-order valence-corrected chi connectivity index (χ1v) is 8.77. The topological polar surface area (TPSA) is 38.8 Å². The van der Waals surface area contributed by atoms with E-state index < -0.39 is 0 Å². The summed E-state index contributed by atoms with van der Waals surface area (Å²) in [6.45, 7) is 1.03. The van der Waals surface area contributed by atoms with Gasteiger partial charge < -0.3 is 9.47 Å². The summed E-state index contributed by atoms with van der Waals surface area (Å²) >= 11 is 6.53. The van der Waals surface area contributed by atoms with E-state index in [1.54, 1.807) is 6.08 Å². The molecule has 0 radical (unpaired) electrons. The van der Waals surface area contributed by atoms with Crippen LogP contribution in [0.5, 0.6) is 11.5 Å². The second-order valence-corrected chi connectivity index (χ2v) is 7.07. The number of carbonyl (C=O) groups is 1. The summed E-state index contributed by atoms with van der Waals surface area (Å²) in [5.74, 6) is 0.772. The highest BCUT2D eigenvalue weighted by Gasteiger charge is 2.33. The third kappa shape index (κ3) is 3.12. The molecule has 2 heterocycles. The molecule has 4 rings (SSSR count). The number of amides is 1. The number of hydrogen-bond acceptors (Lipinski definition) is 5. The summed E-state index contributed by atoms with van der Waals surface area (Å²) in [6.07, 6.45) is 1.76. The largest absolute Gasteiger partial charge is 0.486 e. The van der Waals surface area contributed by atoms with Crippen LogP contribution in [0.2, 0.25) is 0 Å². The molecule has 0 aromatic heterocycles. The van der Waals surface area contributed by atoms with Crippen LogP contribution in [0.1, 0.15) is 5.56 Å². The maximum atomic E-state index is 13.1. The summed E-state index contributed by atoms with van der Waals surface area (Å²) < 4.78 is 24.6. The fraction of sp³-hybridized carbons (Fsp3) is 0.111. The van der Waals surface area contributed by atoms with Crippen LogP contribution in [0, 0.1) is 5.82 Å². The van der Waals surface area contributed by atoms with E-state index in [1.807, 2.05) is 18.2 Å². The highest BCUT2D eigenvalue weighted by Crippen LogP contribution is 2.37. The molecule has 2 aromatic rings. The number of hydrogen-bond donors (Lipinski definition) is 0. The Bertz CT molecular complexity index is 896. The third-order valence-electron chi connectivity index (χ3n) is 3.74. The van der Waals surface area contributed by atoms with E-state index in [9.17, 15) is 9.18 Å². The number of thioether (sulfide) groups is 1. The molecule has 7 heteroatoms. The molecule has 2 aliphatic heterocycles. The number of fused-ring (bicyclic) bond motifs is 1. The molecule has 1 fully saturated rings. The standard InChI is InChI=1S/C18H12FNO3S2/c19-12-2-4-13(5-3-12)20-17(21)16(25-18(20)24)10-11-1-6-14-15(9-11)23-8-7-22-14/h1-6,9-10H,7-8H2/b16-10-. The minimum absolute atomic E-state index is 0.225. The molecular formula is C18H12FNO3S2. The van der Waals surface area contributed by atoms with Gasteiger partial charge in [0.1, 0.15) is 19.0 Å². The van der Waals surface area contributed by atoms with Crippen LogP contribution < -0.4 is 14.4 Å². The van der Waals surface area contributed by atoms with Crippen molar-refractivity contribution in [3.63, 3.8) is 0 Å². The summed E-state index contributed by atoms with van der Waals surface area (Å²) in [5.41, 5.74) is 1.37. The first-order valence-electron chi connectivity index (χ1n) is 7.55. The minimum atomic E-state index is -0.360. The van der Waals surface area contributed by atoms with Crippen molar-refractivity contribution in [2.75, 3.05) is 18.1 Å². The Morgan fingerprint density at radius 1 is 1.08 bits per heavy atom. The van der Waals surface area contributed by atoms with Crippen LogP contribution in [-0.4, -0.2) is 23.4 Å². The van der Waals surface area contributed by atoms with Gasteiger partial charge in [-0.05, 0) is 48.0 Å². The normalized spacial score (nSPS) is 18.1. The van der Waals surface area contributed by atoms with E-state index in [2.05, 4.69) is 0 Å². The SMILES string of the molecule is O=C1/C(=C/c2ccc3c(c2)OCCO3)SC(=S)N1c1ccc(F)cc1. The Hall–Kier alpha value is -2.38. The van der Waals surface area contributed by atoms with Gasteiger partial charge in [0.2, 0.25) is 0 Å². The van der Waals surface area contributed by atoms with Crippen molar-refractivity contribution in [3.05, 3.63) is 58.8 Å². The van der Waals surface area contributed by atoms with Gasteiger partial charge in [-0.15, -0.1) is 0 Å². The summed E-state index contributed by atoms with van der Waals surface area (Å²) in [5, 5.41) is 0. The van der Waals surface area contributed by atoms with Gasteiger partial charge in [-0.25, -0.2) is 4.39 Å². The Kier molecular flexibility index (Phi) is 4.19. The Labute approximate surface area is 153 Å². The second-order valence-electron chi connectivity index (χ2n) is 5.40. The molecule has 0 aliphatic carbocycles. The van der Waals surface area contributed by atoms with Crippen molar-refractivity contribution >= 4 is 46.0 Å². The van der Waals surface area contributed by atoms with Gasteiger partial charge in [0.05, 0.1) is 10.6 Å². The zero-order chi connectivity index (χ0) is 17.4. The Balaban J connectivity index is 1.63. The molecule has 0 atom stereocenters. The third-order valence-corrected chi connectivity index (χ3v) is 5.04. The van der Waals surface area contributed by atoms with Gasteiger partial charge in [0.15, 0.2) is 15.8 Å². The van der Waals surface area contributed by atoms with Crippen molar-refractivity contribution < 1.29 is 18.7 Å². The number of carbonyl (C=O) groups excluding carboxylic acids is 1. The van der Waals surface area contributed by atoms with Crippen molar-refractivity contribution in [1.29, 1.82) is 0 Å². The van der Waals surface area contributed by atoms with E-state index in [0.717, 1.165) is 5.56 Å². The number of benzene rings is 2. The van der Waals surface area contributed by atoms with Crippen LogP contribution in [0.4, 0.5) is 10.1 Å². The van der Waals surface area contributed by atoms with Crippen LogP contribution in [0.25, 0.3) is 6.08 Å². The van der Waals surface area contributed by atoms with Crippen molar-refractivity contribution in [2.24, 2.45) is 0 Å². The minimum Gasteiger partial charge on any atom is -0.486 e. The monoisotopic (exact) mass is 373 g/mol. The zero-order valence-corrected chi connectivity index (χ0v) is 14.5. The van der Waals surface area contributed by atoms with Crippen LogP contribution in [-0.2, 0) is 4.79 Å². The first kappa shape index (κ1) is 16.1. The number of rotatable bonds is 2. The molecule has 1 amide bonds. The van der Waals surface area contributed by atoms with Crippen LogP contribution in [0.15, 0.2) is 47.4 Å². The molecule has 2 aliphatic rings. The quantitative estimate of drug-likeness (QED) is 0.588. The van der Waals surface area contributed by atoms with Gasteiger partial charge in [0.25, 0.3) is 5.91 Å². The smallest absolute Gasteiger partial charge is 0.270 e. The van der Waals surface area contributed by atoms with Gasteiger partial charge in [-0.1, -0.05) is 30.0 Å². The molecule has 0 saturated carbocycles. The summed E-state index contributed by atoms with van der Waals surface area (Å²) in [7, 11) is 0. The Morgan fingerprint density at radius 3 is 2.56 bits per heavy atom. The molecule has 126 valence electrons. The van der Waals surface area contributed by atoms with Gasteiger partial charge in [-0.2, -0.15) is 0 Å². The molecule has 25 heavy (non-hydrogen) atoms. The number of anilines is 1. The molecule has 0 bridgehead atoms. The van der Waals surface area contributed by atoms with Gasteiger partial charge in [0, 0.05) is 0 Å². The molecule has 0 unspecified atom stereocenters. The predicted molar refractivity (Wildman–Crippen MR) is 99.5 cm³/mol. The fourth-order valence-corrected chi connectivity index (χ4v) is 3.88. The van der Waals surface area contributed by atoms with E-state index >= 15 is 0 Å². The average Bonchev–Trinajstić information content (AvgIpc) is 2.89. The zero-order valence-electron chi connectivity index (χ0n) is 12.9. The van der Waals surface area contributed by atoms with E-state index in [1.165, 1.54) is 40.9 Å². The molecule has 4 nitrogen and oxygen atoms in total. The summed E-state index contributed by atoms with van der Waals surface area (Å²) in [4.78, 5) is 14.6. The number of halogens is 1. The van der Waals surface area contributed by atoms with Crippen molar-refractivity contribution in [3.8, 4) is 11.5 Å². The van der Waals surface area contributed by atoms with Gasteiger partial charge >= 0.3 is 0 Å². The lowest BCUT2D eigenvalue weighted by molar-refractivity contribution is -0.113. The summed E-state index contributed by atoms with van der Waals surface area (Å²) in [6, 6.07) is 11.2. The molecule has 1 saturated heterocycles. The fourth-order valence-electron chi connectivity index (χ4n) is 2.58. The second kappa shape index (κ2) is 6.50. The van der Waals surface area contributed by atoms with E-state index in [0.29, 0.717) is 39.6 Å². The van der Waals surface area contributed by atoms with Crippen LogP contribution in [0.3, 0.4) is 0 Å². The maximum Gasteiger partial charge on any atom is 0.270 e. The number of thiocarbonyl (C=S) groups is 1. The molecule has 0 spiro atoms. The molecule has 0 N–H and O–H groups in total.